The number of hydrogen-bond acceptors (Lipinski definition) is 11. The van der Waals surface area contributed by atoms with Gasteiger partial charge in [-0.15, -0.1) is 0 Å². The van der Waals surface area contributed by atoms with E-state index in [9.17, 15) is 13.0 Å². The maximum atomic E-state index is 14.6. The van der Waals surface area contributed by atoms with Crippen molar-refractivity contribution in [2.45, 2.75) is 48.0 Å². The van der Waals surface area contributed by atoms with E-state index in [4.69, 9.17) is 25.2 Å². The molecule has 2 bridgehead atoms. The molecule has 1 aromatic carbocycles. The van der Waals surface area contributed by atoms with Crippen molar-refractivity contribution in [2.75, 3.05) is 63.7 Å². The fourth-order valence-electron chi connectivity index (χ4n) is 7.36. The molecule has 2 aromatic heterocycles. The van der Waals surface area contributed by atoms with Gasteiger partial charge in [0.25, 0.3) is 0 Å². The molecule has 4 saturated heterocycles. The van der Waals surface area contributed by atoms with Crippen LogP contribution in [0, 0.1) is 5.82 Å². The summed E-state index contributed by atoms with van der Waals surface area (Å²) in [6.45, 7) is 3.98. The third-order valence-electron chi connectivity index (χ3n) is 9.32. The van der Waals surface area contributed by atoms with Gasteiger partial charge in [-0.1, -0.05) is 11.3 Å². The Bertz CT molecular complexity index is 1650. The van der Waals surface area contributed by atoms with Gasteiger partial charge < -0.3 is 25.4 Å². The Kier molecular flexibility index (Phi) is 6.60. The smallest absolute Gasteiger partial charge is 0.319 e. The molecule has 5 atom stereocenters. The molecule has 3 unspecified atom stereocenters. The van der Waals surface area contributed by atoms with Gasteiger partial charge in [0.1, 0.15) is 23.5 Å². The number of fused-ring (bicyclic) bond motifs is 5. The van der Waals surface area contributed by atoms with Crippen molar-refractivity contribution in [3.05, 3.63) is 29.2 Å². The zero-order chi connectivity index (χ0) is 29.5. The van der Waals surface area contributed by atoms with Crippen LogP contribution in [0.1, 0.15) is 30.5 Å². The summed E-state index contributed by atoms with van der Waals surface area (Å²) in [5, 5.41) is 3.71. The molecule has 0 aliphatic carbocycles. The third-order valence-corrected chi connectivity index (χ3v) is 11.6. The standard InChI is InChI=1S/C28H32F2N8O3S2/c1-36-21(18-3-4-19(30)23-22(18)34-26(31)42-23)7-20-24(43(36)39)25(38-16-9-32-10-17(38)13-40-12-16)35-27(33-20)41-14-28-5-2-6-37(28)11-15(29)8-28/h3-4,7,15-17,32H,2,5-6,8-14H2,1H3,(H2,31,34)/t15-,16?,17?,28+,43?/m1/s1. The van der Waals surface area contributed by atoms with Gasteiger partial charge in [0, 0.05) is 38.7 Å². The van der Waals surface area contributed by atoms with Gasteiger partial charge in [0.15, 0.2) is 21.9 Å². The van der Waals surface area contributed by atoms with Gasteiger partial charge in [-0.05, 0) is 37.6 Å². The quantitative estimate of drug-likeness (QED) is 0.435. The second kappa shape index (κ2) is 10.3. The molecule has 43 heavy (non-hydrogen) atoms. The van der Waals surface area contributed by atoms with Crippen LogP contribution in [0.4, 0.5) is 19.7 Å². The minimum absolute atomic E-state index is 0.00668. The molecule has 8 rings (SSSR count). The molecule has 15 heteroatoms. The van der Waals surface area contributed by atoms with Gasteiger partial charge in [0.2, 0.25) is 0 Å². The summed E-state index contributed by atoms with van der Waals surface area (Å²) >= 11 is 1.07. The number of nitrogen functional groups attached to an aromatic ring is 1. The predicted molar refractivity (Wildman–Crippen MR) is 160 cm³/mol. The first-order valence-corrected chi connectivity index (χ1v) is 16.5. The van der Waals surface area contributed by atoms with Crippen LogP contribution in [0.25, 0.3) is 22.0 Å². The number of nitrogens with one attached hydrogen (secondary N) is 1. The van der Waals surface area contributed by atoms with Gasteiger partial charge in [-0.2, -0.15) is 9.97 Å². The lowest BCUT2D eigenvalue weighted by Crippen LogP contribution is -2.64. The number of benzene rings is 1. The van der Waals surface area contributed by atoms with Crippen LogP contribution >= 0.6 is 11.3 Å². The molecule has 3 aromatic rings. The summed E-state index contributed by atoms with van der Waals surface area (Å²) < 4.78 is 57.6. The molecule has 0 spiro atoms. The second-order valence-electron chi connectivity index (χ2n) is 11.9. The number of piperazine rings is 1. The van der Waals surface area contributed by atoms with Gasteiger partial charge in [-0.3, -0.25) is 9.21 Å². The van der Waals surface area contributed by atoms with Crippen molar-refractivity contribution < 1.29 is 22.5 Å². The molecule has 5 aliphatic rings. The Morgan fingerprint density at radius 3 is 2.88 bits per heavy atom. The summed E-state index contributed by atoms with van der Waals surface area (Å²) in [7, 11) is 0.0261. The Balaban J connectivity index is 1.25. The van der Waals surface area contributed by atoms with Crippen molar-refractivity contribution >= 4 is 55.3 Å². The Labute approximate surface area is 253 Å². The molecule has 0 amide bonds. The van der Waals surface area contributed by atoms with E-state index in [1.165, 1.54) is 6.07 Å². The van der Waals surface area contributed by atoms with Crippen molar-refractivity contribution in [1.29, 1.82) is 0 Å². The largest absolute Gasteiger partial charge is 0.461 e. The Hall–Kier alpha value is -2.98. The fraction of sp³-hybridized carbons (Fsp3) is 0.536. The molecule has 228 valence electrons. The molecule has 4 fully saturated rings. The number of thiazole rings is 1. The molecular weight excluding hydrogens is 598 g/mol. The van der Waals surface area contributed by atoms with E-state index < -0.39 is 23.0 Å². The predicted octanol–water partition coefficient (Wildman–Crippen LogP) is 2.41. The number of nitrogens with zero attached hydrogens (tertiary/aromatic N) is 6. The van der Waals surface area contributed by atoms with Gasteiger partial charge in [0.05, 0.1) is 52.4 Å². The number of rotatable bonds is 5. The van der Waals surface area contributed by atoms with Crippen molar-refractivity contribution in [3.8, 4) is 6.01 Å². The highest BCUT2D eigenvalue weighted by Gasteiger charge is 2.49. The number of halogens is 2. The van der Waals surface area contributed by atoms with Crippen LogP contribution in [0.2, 0.25) is 0 Å². The maximum Gasteiger partial charge on any atom is 0.319 e. The zero-order valence-electron chi connectivity index (χ0n) is 23.6. The van der Waals surface area contributed by atoms with E-state index >= 15 is 0 Å². The van der Waals surface area contributed by atoms with Crippen LogP contribution in [0.3, 0.4) is 0 Å². The lowest BCUT2D eigenvalue weighted by molar-refractivity contribution is 0.0516. The van der Waals surface area contributed by atoms with Gasteiger partial charge in [-0.25, -0.2) is 18.0 Å². The molecule has 3 N–H and O–H groups in total. The van der Waals surface area contributed by atoms with Crippen molar-refractivity contribution in [3.63, 3.8) is 0 Å². The number of morpholine rings is 1. The highest BCUT2D eigenvalue weighted by atomic mass is 32.2. The van der Waals surface area contributed by atoms with Crippen molar-refractivity contribution in [1.82, 2.24) is 29.5 Å². The normalized spacial score (nSPS) is 30.4. The van der Waals surface area contributed by atoms with Crippen LogP contribution in [-0.4, -0.2) is 105 Å². The van der Waals surface area contributed by atoms with Gasteiger partial charge >= 0.3 is 6.01 Å². The van der Waals surface area contributed by atoms with E-state index in [-0.39, 0.29) is 35.4 Å². The first-order chi connectivity index (χ1) is 20.8. The Morgan fingerprint density at radius 2 is 2.07 bits per heavy atom. The van der Waals surface area contributed by atoms with E-state index in [1.807, 2.05) is 6.08 Å². The number of aromatic nitrogens is 3. The van der Waals surface area contributed by atoms with E-state index in [2.05, 4.69) is 20.1 Å². The Morgan fingerprint density at radius 1 is 1.26 bits per heavy atom. The minimum atomic E-state index is -1.70. The first-order valence-electron chi connectivity index (χ1n) is 14.5. The number of anilines is 2. The second-order valence-corrected chi connectivity index (χ2v) is 14.4. The van der Waals surface area contributed by atoms with Crippen LogP contribution in [0.15, 0.2) is 17.0 Å². The number of nitrogens with two attached hydrogens (primary N) is 1. The highest BCUT2D eigenvalue weighted by molar-refractivity contribution is 7.83. The summed E-state index contributed by atoms with van der Waals surface area (Å²) in [5.41, 5.74) is 7.62. The molecule has 11 nitrogen and oxygen atoms in total. The monoisotopic (exact) mass is 630 g/mol. The molecule has 0 radical (unpaired) electrons. The fourth-order valence-corrected chi connectivity index (χ4v) is 9.31. The highest BCUT2D eigenvalue weighted by Crippen LogP contribution is 2.43. The lowest BCUT2D eigenvalue weighted by atomic mass is 9.95. The third kappa shape index (κ3) is 4.42. The average molecular weight is 631 g/mol. The van der Waals surface area contributed by atoms with Crippen molar-refractivity contribution in [2.24, 2.45) is 0 Å². The molecule has 5 aliphatic heterocycles. The number of hydrogen-bond donors (Lipinski definition) is 2. The summed E-state index contributed by atoms with van der Waals surface area (Å²) in [4.78, 5) is 18.9. The lowest BCUT2D eigenvalue weighted by Gasteiger charge is -2.47. The molecule has 7 heterocycles. The first kappa shape index (κ1) is 27.6. The molecular formula is C28H32F2N8O3S2. The van der Waals surface area contributed by atoms with E-state index in [1.54, 1.807) is 17.4 Å². The number of ether oxygens (including phenoxy) is 2. The summed E-state index contributed by atoms with van der Waals surface area (Å²) in [5.74, 6) is 0.141. The average Bonchev–Trinajstić information content (AvgIpc) is 3.65. The van der Waals surface area contributed by atoms with E-state index in [0.29, 0.717) is 77.2 Å². The van der Waals surface area contributed by atoms with Crippen LogP contribution in [-0.2, 0) is 15.7 Å². The SMILES string of the molecule is CN1C(c2ccc(F)c3sc(N)nc23)=Cc2nc(OC[C@@]34CCCN3C[C@H](F)C4)nc(N3C4CNCC3COC4)c2S1=O. The summed E-state index contributed by atoms with van der Waals surface area (Å²) in [6.07, 6.45) is 3.25. The minimum Gasteiger partial charge on any atom is -0.461 e. The zero-order valence-corrected chi connectivity index (χ0v) is 25.2. The summed E-state index contributed by atoms with van der Waals surface area (Å²) in [6, 6.07) is 3.14. The molecule has 0 saturated carbocycles. The van der Waals surface area contributed by atoms with Crippen LogP contribution in [0.5, 0.6) is 6.01 Å². The van der Waals surface area contributed by atoms with Crippen LogP contribution < -0.4 is 20.7 Å². The maximum absolute atomic E-state index is 14.6. The van der Waals surface area contributed by atoms with E-state index in [0.717, 1.165) is 30.7 Å². The topological polar surface area (TPSA) is 122 Å². The number of alkyl halides is 1.